The Hall–Kier alpha value is 1.68. The zero-order chi connectivity index (χ0) is 15.9. The smallest absolute Gasteiger partial charge is 0.319 e. The maximum absolute atomic E-state index is 7.56. The molecule has 0 aromatic rings. The summed E-state index contributed by atoms with van der Waals surface area (Å²) in [6.45, 7) is -1.56. The largest absolute Gasteiger partial charge is 0.343 e. The van der Waals surface area contributed by atoms with Gasteiger partial charge < -0.3 is 36.3 Å². The molecule has 0 unspecified atom stereocenters. The Morgan fingerprint density at radius 2 is 1.00 bits per heavy atom. The molecule has 0 spiro atoms. The SMILES string of the molecule is OP(O)(O)=S.OP(O)(O)=S.[CH2-]CCCCCCCC.[Zn]. The van der Waals surface area contributed by atoms with Crippen LogP contribution in [0.2, 0.25) is 0 Å². The summed E-state index contributed by atoms with van der Waals surface area (Å²) in [6, 6.07) is 0. The van der Waals surface area contributed by atoms with Crippen LogP contribution in [0.15, 0.2) is 0 Å². The monoisotopic (exact) mass is 419 g/mol. The van der Waals surface area contributed by atoms with Gasteiger partial charge in [0, 0.05) is 19.5 Å². The molecule has 0 atom stereocenters. The Labute approximate surface area is 144 Å². The van der Waals surface area contributed by atoms with Gasteiger partial charge in [-0.25, -0.2) is 0 Å². The van der Waals surface area contributed by atoms with E-state index in [9.17, 15) is 0 Å². The Balaban J connectivity index is -0.000000101. The maximum Gasteiger partial charge on any atom is 0.319 e. The zero-order valence-electron chi connectivity index (χ0n) is 11.8. The van der Waals surface area contributed by atoms with Crippen molar-refractivity contribution in [2.24, 2.45) is 0 Å². The van der Waals surface area contributed by atoms with Gasteiger partial charge in [-0.2, -0.15) is 6.42 Å². The van der Waals surface area contributed by atoms with Crippen molar-refractivity contribution in [1.29, 1.82) is 0 Å². The van der Waals surface area contributed by atoms with Crippen molar-refractivity contribution in [3.63, 3.8) is 0 Å². The Morgan fingerprint density at radius 3 is 1.25 bits per heavy atom. The third-order valence-corrected chi connectivity index (χ3v) is 1.60. The van der Waals surface area contributed by atoms with Gasteiger partial charge in [-0.05, 0) is 23.6 Å². The normalized spacial score (nSPS) is 10.4. The summed E-state index contributed by atoms with van der Waals surface area (Å²) in [4.78, 5) is 45.3. The van der Waals surface area contributed by atoms with Crippen molar-refractivity contribution < 1.29 is 48.8 Å². The molecule has 0 aliphatic rings. The summed E-state index contributed by atoms with van der Waals surface area (Å²) < 4.78 is 0. The van der Waals surface area contributed by atoms with Crippen molar-refractivity contribution in [3.05, 3.63) is 6.92 Å². The molecule has 6 nitrogen and oxygen atoms in total. The van der Waals surface area contributed by atoms with Crippen LogP contribution in [0.5, 0.6) is 0 Å². The Bertz CT molecular complexity index is 229. The molecule has 0 aromatic carbocycles. The maximum atomic E-state index is 7.56. The van der Waals surface area contributed by atoms with Gasteiger partial charge in [0.15, 0.2) is 0 Å². The molecule has 0 aliphatic heterocycles. The molecule has 0 heterocycles. The fourth-order valence-electron chi connectivity index (χ4n) is 0.957. The van der Waals surface area contributed by atoms with E-state index in [0.717, 1.165) is 6.42 Å². The van der Waals surface area contributed by atoms with Gasteiger partial charge in [-0.15, -0.1) is 0 Å². The molecule has 0 saturated carbocycles. The fraction of sp³-hybridized carbons (Fsp3) is 0.889. The molecule has 0 aliphatic carbocycles. The summed E-state index contributed by atoms with van der Waals surface area (Å²) >= 11 is 7.21. The van der Waals surface area contributed by atoms with Crippen LogP contribution >= 0.6 is 13.4 Å². The second-order valence-electron chi connectivity index (χ2n) is 3.65. The number of hydrogen-bond donors (Lipinski definition) is 6. The first kappa shape index (κ1) is 29.7. The van der Waals surface area contributed by atoms with Gasteiger partial charge in [0.1, 0.15) is 0 Å². The minimum atomic E-state index is -3.81. The Kier molecular flexibility index (Phi) is 27.8. The van der Waals surface area contributed by atoms with Crippen molar-refractivity contribution in [3.8, 4) is 0 Å². The zero-order valence-corrected chi connectivity index (χ0v) is 18.1. The predicted molar refractivity (Wildman–Crippen MR) is 85.2 cm³/mol. The second kappa shape index (κ2) is 18.7. The van der Waals surface area contributed by atoms with E-state index in [1.807, 2.05) is 0 Å². The molecule has 0 bridgehead atoms. The molecular weight excluding hydrogens is 396 g/mol. The van der Waals surface area contributed by atoms with Crippen LogP contribution in [0.3, 0.4) is 0 Å². The van der Waals surface area contributed by atoms with Crippen LogP contribution in [0.4, 0.5) is 0 Å². The second-order valence-corrected chi connectivity index (χ2v) is 8.64. The molecule has 0 saturated heterocycles. The average molecular weight is 421 g/mol. The standard InChI is InChI=1S/C9H19.2H3O3PS.Zn/c1-3-5-7-9-8-6-4-2;2*1-4(2,3)5;/h1,3-9H2,2H3;2*(H3,1,2,3,5);/q-1;;;. The van der Waals surface area contributed by atoms with E-state index in [1.165, 1.54) is 38.5 Å². The van der Waals surface area contributed by atoms with E-state index in [0.29, 0.717) is 0 Å². The molecule has 0 radical (unpaired) electrons. The van der Waals surface area contributed by atoms with E-state index in [4.69, 9.17) is 29.4 Å². The quantitative estimate of drug-likeness (QED) is 0.167. The van der Waals surface area contributed by atoms with E-state index >= 15 is 0 Å². The summed E-state index contributed by atoms with van der Waals surface area (Å²) in [7, 11) is 0. The van der Waals surface area contributed by atoms with Gasteiger partial charge >= 0.3 is 13.4 Å². The first-order chi connectivity index (χ1) is 8.41. The van der Waals surface area contributed by atoms with Gasteiger partial charge in [0.25, 0.3) is 0 Å². The molecule has 0 rings (SSSR count). The van der Waals surface area contributed by atoms with E-state index in [-0.39, 0.29) is 19.5 Å². The first-order valence-electron chi connectivity index (χ1n) is 5.77. The molecule has 122 valence electrons. The van der Waals surface area contributed by atoms with Gasteiger partial charge in [0.05, 0.1) is 0 Å². The minimum Gasteiger partial charge on any atom is -0.343 e. The van der Waals surface area contributed by atoms with Gasteiger partial charge in [-0.1, -0.05) is 45.4 Å². The van der Waals surface area contributed by atoms with Crippen LogP contribution in [0.1, 0.15) is 51.9 Å². The average Bonchev–Trinajstić information content (AvgIpc) is 2.12. The number of unbranched alkanes of at least 4 members (excludes halogenated alkanes) is 6. The van der Waals surface area contributed by atoms with Crippen molar-refractivity contribution in [2.45, 2.75) is 51.9 Å². The van der Waals surface area contributed by atoms with Crippen LogP contribution in [0, 0.1) is 6.92 Å². The van der Waals surface area contributed by atoms with Gasteiger partial charge in [-0.3, -0.25) is 0 Å². The van der Waals surface area contributed by atoms with E-state index in [2.05, 4.69) is 37.5 Å². The van der Waals surface area contributed by atoms with E-state index in [1.54, 1.807) is 0 Å². The summed E-state index contributed by atoms with van der Waals surface area (Å²) in [5, 5.41) is 0. The van der Waals surface area contributed by atoms with Crippen LogP contribution < -0.4 is 0 Å². The van der Waals surface area contributed by atoms with E-state index < -0.39 is 13.4 Å². The number of rotatable bonds is 6. The first-order valence-corrected chi connectivity index (χ1v) is 11.1. The van der Waals surface area contributed by atoms with Crippen LogP contribution in [-0.4, -0.2) is 29.4 Å². The molecule has 6 N–H and O–H groups in total. The van der Waals surface area contributed by atoms with Crippen molar-refractivity contribution in [2.75, 3.05) is 0 Å². The molecular formula is C9H25O6P2S2Zn-. The number of hydrogen-bond acceptors (Lipinski definition) is 2. The summed E-state index contributed by atoms with van der Waals surface area (Å²) in [5.41, 5.74) is 0. The fourth-order valence-corrected chi connectivity index (χ4v) is 0.957. The Morgan fingerprint density at radius 1 is 0.750 bits per heavy atom. The van der Waals surface area contributed by atoms with Crippen LogP contribution in [0.25, 0.3) is 0 Å². The van der Waals surface area contributed by atoms with Crippen LogP contribution in [-0.2, 0) is 43.1 Å². The summed E-state index contributed by atoms with van der Waals surface area (Å²) in [5.74, 6) is 0. The molecule has 11 heteroatoms. The third kappa shape index (κ3) is 116. The van der Waals surface area contributed by atoms with Crippen molar-refractivity contribution in [1.82, 2.24) is 0 Å². The topological polar surface area (TPSA) is 121 Å². The molecule has 0 amide bonds. The molecule has 0 fully saturated rings. The third-order valence-electron chi connectivity index (χ3n) is 1.60. The van der Waals surface area contributed by atoms with Gasteiger partial charge in [0.2, 0.25) is 0 Å². The summed E-state index contributed by atoms with van der Waals surface area (Å²) in [6.07, 6.45) is 9.45. The predicted octanol–water partition coefficient (Wildman–Crippen LogP) is 1.94. The van der Waals surface area contributed by atoms with Crippen molar-refractivity contribution >= 4 is 37.1 Å². The molecule has 0 aromatic heterocycles. The molecule has 20 heavy (non-hydrogen) atoms. The minimum absolute atomic E-state index is 0.